The average Bonchev–Trinajstić information content (AvgIpc) is 3.07. The Kier molecular flexibility index (Phi) is 6.18. The zero-order valence-electron chi connectivity index (χ0n) is 17.6. The fourth-order valence-electron chi connectivity index (χ4n) is 3.86. The molecule has 166 valence electrons. The number of carbonyl (C=O) groups excluding carboxylic acids is 2. The number of methoxy groups -OCH3 is 1. The van der Waals surface area contributed by atoms with Crippen LogP contribution in [0.3, 0.4) is 0 Å². The van der Waals surface area contributed by atoms with Gasteiger partial charge in [-0.15, -0.1) is 11.8 Å². The molecule has 1 unspecified atom stereocenters. The molecule has 0 saturated carbocycles. The molecule has 0 spiro atoms. The largest absolute Gasteiger partial charge is 0.505 e. The molecule has 0 aliphatic carbocycles. The highest BCUT2D eigenvalue weighted by Crippen LogP contribution is 2.52. The van der Waals surface area contributed by atoms with Crippen molar-refractivity contribution in [1.29, 1.82) is 0 Å². The predicted octanol–water partition coefficient (Wildman–Crippen LogP) is 3.61. The van der Waals surface area contributed by atoms with Gasteiger partial charge in [0.15, 0.2) is 5.75 Å². The molecule has 2 heterocycles. The number of halogens is 1. The number of phenols is 1. The van der Waals surface area contributed by atoms with Crippen molar-refractivity contribution in [3.8, 4) is 11.5 Å². The molecule has 0 saturated heterocycles. The van der Waals surface area contributed by atoms with Gasteiger partial charge in [-0.05, 0) is 29.8 Å². The van der Waals surface area contributed by atoms with E-state index in [1.807, 2.05) is 0 Å². The Labute approximate surface area is 188 Å². The van der Waals surface area contributed by atoms with Crippen molar-refractivity contribution in [2.45, 2.75) is 18.3 Å². The number of nitrogens with zero attached hydrogens (tertiary/aromatic N) is 2. The van der Waals surface area contributed by atoms with Gasteiger partial charge in [0.05, 0.1) is 12.7 Å². The predicted molar refractivity (Wildman–Crippen MR) is 120 cm³/mol. The van der Waals surface area contributed by atoms with Crippen LogP contribution in [0.5, 0.6) is 11.5 Å². The van der Waals surface area contributed by atoms with E-state index in [9.17, 15) is 19.1 Å². The fourth-order valence-corrected chi connectivity index (χ4v) is 5.13. The van der Waals surface area contributed by atoms with Gasteiger partial charge in [0.25, 0.3) is 5.91 Å². The molecular weight excluding hydrogens is 433 g/mol. The van der Waals surface area contributed by atoms with Crippen molar-refractivity contribution in [3.05, 3.63) is 65.1 Å². The highest BCUT2D eigenvalue weighted by molar-refractivity contribution is 7.99. The molecule has 2 aromatic carbocycles. The molecular formula is C23H22FN3O4S. The van der Waals surface area contributed by atoms with Crippen molar-refractivity contribution in [2.24, 2.45) is 0 Å². The van der Waals surface area contributed by atoms with Gasteiger partial charge in [0.1, 0.15) is 22.5 Å². The number of fused-ring (bicyclic) bond motifs is 2. The van der Waals surface area contributed by atoms with Gasteiger partial charge in [-0.25, -0.2) is 4.39 Å². The van der Waals surface area contributed by atoms with E-state index in [1.54, 1.807) is 42.4 Å². The average molecular weight is 456 g/mol. The summed E-state index contributed by atoms with van der Waals surface area (Å²) in [6.45, 7) is 0.206. The Balaban J connectivity index is 1.81. The summed E-state index contributed by atoms with van der Waals surface area (Å²) in [5, 5.41) is 13.6. The molecule has 9 heteroatoms. The minimum Gasteiger partial charge on any atom is -0.505 e. The first kappa shape index (κ1) is 21.9. The standard InChI is InChI=1S/C23H22FN3O4S/c1-25-16(28)9-11-32-23-18-17(20(29)19-15(21(18)31-2)4-3-10-26-19)22(30)27(23)12-13-5-7-14(24)8-6-13/h3-8,10,23,29H,9,11-12H2,1-2H3,(H,25,28). The molecule has 4 rings (SSSR count). The van der Waals surface area contributed by atoms with Crippen molar-refractivity contribution in [2.75, 3.05) is 19.9 Å². The van der Waals surface area contributed by atoms with E-state index in [1.165, 1.54) is 31.0 Å². The van der Waals surface area contributed by atoms with Crippen LogP contribution < -0.4 is 10.1 Å². The molecule has 0 bridgehead atoms. The smallest absolute Gasteiger partial charge is 0.259 e. The second-order valence-corrected chi connectivity index (χ2v) is 8.46. The molecule has 1 atom stereocenters. The third-order valence-corrected chi connectivity index (χ3v) is 6.63. The van der Waals surface area contributed by atoms with Gasteiger partial charge in [0, 0.05) is 42.9 Å². The van der Waals surface area contributed by atoms with Crippen LogP contribution in [-0.4, -0.2) is 46.7 Å². The van der Waals surface area contributed by atoms with Crippen LogP contribution in [0.2, 0.25) is 0 Å². The third-order valence-electron chi connectivity index (χ3n) is 5.39. The zero-order chi connectivity index (χ0) is 22.8. The lowest BCUT2D eigenvalue weighted by atomic mass is 10.0. The Morgan fingerprint density at radius 3 is 2.75 bits per heavy atom. The SMILES string of the molecule is CNC(=O)CCSC1c2c(c(O)c3ncccc3c2OC)C(=O)N1Cc1ccc(F)cc1. The van der Waals surface area contributed by atoms with Crippen molar-refractivity contribution in [3.63, 3.8) is 0 Å². The molecule has 3 aromatic rings. The minimum absolute atomic E-state index is 0.107. The lowest BCUT2D eigenvalue weighted by Crippen LogP contribution is -2.27. The number of phenolic OH excluding ortho intramolecular Hbond substituents is 1. The van der Waals surface area contributed by atoms with E-state index in [0.29, 0.717) is 22.5 Å². The number of nitrogens with one attached hydrogen (secondary N) is 1. The third kappa shape index (κ3) is 3.84. The first-order valence-electron chi connectivity index (χ1n) is 10.0. The number of amides is 2. The van der Waals surface area contributed by atoms with E-state index in [2.05, 4.69) is 10.3 Å². The number of carbonyl (C=O) groups is 2. The number of benzene rings is 2. The summed E-state index contributed by atoms with van der Waals surface area (Å²) in [4.78, 5) is 31.1. The maximum Gasteiger partial charge on any atom is 0.259 e. The normalized spacial score (nSPS) is 15.2. The van der Waals surface area contributed by atoms with Crippen LogP contribution >= 0.6 is 11.8 Å². The van der Waals surface area contributed by atoms with Crippen molar-refractivity contribution < 1.29 is 23.8 Å². The number of ether oxygens (including phenoxy) is 1. The van der Waals surface area contributed by atoms with E-state index in [-0.39, 0.29) is 47.4 Å². The Bertz CT molecular complexity index is 1190. The lowest BCUT2D eigenvalue weighted by Gasteiger charge is -2.26. The molecule has 32 heavy (non-hydrogen) atoms. The summed E-state index contributed by atoms with van der Waals surface area (Å²) < 4.78 is 19.1. The van der Waals surface area contributed by atoms with E-state index in [4.69, 9.17) is 4.74 Å². The number of pyridine rings is 1. The van der Waals surface area contributed by atoms with Crippen LogP contribution in [0, 0.1) is 5.82 Å². The monoisotopic (exact) mass is 455 g/mol. The van der Waals surface area contributed by atoms with Crippen molar-refractivity contribution >= 4 is 34.5 Å². The molecule has 0 fully saturated rings. The number of aromatic nitrogens is 1. The minimum atomic E-state index is -0.502. The topological polar surface area (TPSA) is 91.8 Å². The molecule has 2 amide bonds. The quantitative estimate of drug-likeness (QED) is 0.566. The first-order valence-corrected chi connectivity index (χ1v) is 11.1. The molecule has 2 N–H and O–H groups in total. The molecule has 1 aliphatic heterocycles. The maximum atomic E-state index is 13.5. The number of hydrogen-bond acceptors (Lipinski definition) is 6. The van der Waals surface area contributed by atoms with Crippen LogP contribution in [0.4, 0.5) is 4.39 Å². The van der Waals surface area contributed by atoms with E-state index < -0.39 is 5.37 Å². The summed E-state index contributed by atoms with van der Waals surface area (Å²) >= 11 is 1.41. The Hall–Kier alpha value is -3.33. The number of hydrogen-bond donors (Lipinski definition) is 2. The van der Waals surface area contributed by atoms with E-state index in [0.717, 1.165) is 5.56 Å². The highest BCUT2D eigenvalue weighted by atomic mass is 32.2. The highest BCUT2D eigenvalue weighted by Gasteiger charge is 2.43. The molecule has 1 aromatic heterocycles. The number of thioether (sulfide) groups is 1. The van der Waals surface area contributed by atoms with Gasteiger partial charge >= 0.3 is 0 Å². The van der Waals surface area contributed by atoms with E-state index >= 15 is 0 Å². The zero-order valence-corrected chi connectivity index (χ0v) is 18.4. The number of aromatic hydroxyl groups is 1. The van der Waals surface area contributed by atoms with Gasteiger partial charge in [-0.3, -0.25) is 14.6 Å². The van der Waals surface area contributed by atoms with Gasteiger partial charge in [-0.2, -0.15) is 0 Å². The summed E-state index contributed by atoms with van der Waals surface area (Å²) in [6.07, 6.45) is 1.81. The van der Waals surface area contributed by atoms with Crippen LogP contribution in [0.25, 0.3) is 10.9 Å². The first-order chi connectivity index (χ1) is 15.5. The van der Waals surface area contributed by atoms with Gasteiger partial charge in [0.2, 0.25) is 5.91 Å². The lowest BCUT2D eigenvalue weighted by molar-refractivity contribution is -0.120. The second kappa shape index (κ2) is 9.04. The fraction of sp³-hybridized carbons (Fsp3) is 0.261. The second-order valence-electron chi connectivity index (χ2n) is 7.28. The van der Waals surface area contributed by atoms with Crippen LogP contribution in [0.15, 0.2) is 42.6 Å². The Morgan fingerprint density at radius 1 is 1.31 bits per heavy atom. The summed E-state index contributed by atoms with van der Waals surface area (Å²) in [7, 11) is 3.08. The maximum absolute atomic E-state index is 13.5. The van der Waals surface area contributed by atoms with Gasteiger partial charge in [-0.1, -0.05) is 12.1 Å². The summed E-state index contributed by atoms with van der Waals surface area (Å²) in [6, 6.07) is 9.43. The van der Waals surface area contributed by atoms with Crippen molar-refractivity contribution in [1.82, 2.24) is 15.2 Å². The summed E-state index contributed by atoms with van der Waals surface area (Å²) in [5.41, 5.74) is 1.73. The molecule has 1 aliphatic rings. The summed E-state index contributed by atoms with van der Waals surface area (Å²) in [5.74, 6) is -0.118. The number of rotatable bonds is 7. The van der Waals surface area contributed by atoms with Gasteiger partial charge < -0.3 is 20.1 Å². The van der Waals surface area contributed by atoms with Crippen LogP contribution in [0.1, 0.15) is 33.3 Å². The molecule has 7 nitrogen and oxygen atoms in total. The van der Waals surface area contributed by atoms with Crippen LogP contribution in [-0.2, 0) is 11.3 Å². The Morgan fingerprint density at radius 2 is 2.06 bits per heavy atom. The molecule has 0 radical (unpaired) electrons.